The Morgan fingerprint density at radius 1 is 1.41 bits per heavy atom. The number of hydrogen-bond acceptors (Lipinski definition) is 4. The summed E-state index contributed by atoms with van der Waals surface area (Å²) in [7, 11) is 2.47. The van der Waals surface area contributed by atoms with Crippen LogP contribution >= 0.6 is 0 Å². The van der Waals surface area contributed by atoms with Gasteiger partial charge in [0.15, 0.2) is 0 Å². The van der Waals surface area contributed by atoms with Gasteiger partial charge in [0.05, 0.1) is 26.2 Å². The minimum Gasteiger partial charge on any atom is -0.481 e. The third-order valence-electron chi connectivity index (χ3n) is 2.02. The molecule has 0 aliphatic rings. The first kappa shape index (κ1) is 13.1. The zero-order valence-corrected chi connectivity index (χ0v) is 9.24. The highest BCUT2D eigenvalue weighted by Gasteiger charge is 2.20. The number of carboxylic acid groups (broad SMARTS) is 1. The van der Waals surface area contributed by atoms with Gasteiger partial charge in [-0.15, -0.1) is 0 Å². The van der Waals surface area contributed by atoms with Crippen molar-refractivity contribution in [3.8, 4) is 11.8 Å². The summed E-state index contributed by atoms with van der Waals surface area (Å²) in [5.74, 6) is -1.46. The molecule has 0 aliphatic heterocycles. The highest BCUT2D eigenvalue weighted by Crippen LogP contribution is 2.32. The number of halogens is 2. The van der Waals surface area contributed by atoms with Crippen LogP contribution in [0.5, 0.6) is 11.8 Å². The molecule has 0 amide bonds. The van der Waals surface area contributed by atoms with E-state index in [9.17, 15) is 13.6 Å². The maximum absolute atomic E-state index is 12.7. The normalized spacial score (nSPS) is 10.4. The highest BCUT2D eigenvalue weighted by molar-refractivity contribution is 5.71. The van der Waals surface area contributed by atoms with Crippen LogP contribution in [0.1, 0.15) is 17.6 Å². The van der Waals surface area contributed by atoms with Gasteiger partial charge < -0.3 is 14.6 Å². The molecule has 1 aromatic heterocycles. The van der Waals surface area contributed by atoms with Crippen molar-refractivity contribution in [3.63, 3.8) is 0 Å². The van der Waals surface area contributed by atoms with E-state index in [2.05, 4.69) is 4.98 Å². The number of carbonyl (C=O) groups is 1. The van der Waals surface area contributed by atoms with Crippen LogP contribution in [0, 0.1) is 0 Å². The fourth-order valence-corrected chi connectivity index (χ4v) is 1.33. The van der Waals surface area contributed by atoms with Crippen LogP contribution in [-0.2, 0) is 11.2 Å². The number of pyridine rings is 1. The average molecular weight is 247 g/mol. The van der Waals surface area contributed by atoms with Gasteiger partial charge in [-0.25, -0.2) is 8.78 Å². The number of aromatic nitrogens is 1. The third-order valence-corrected chi connectivity index (χ3v) is 2.02. The molecule has 17 heavy (non-hydrogen) atoms. The van der Waals surface area contributed by atoms with E-state index in [-0.39, 0.29) is 17.3 Å². The smallest absolute Gasteiger partial charge is 0.308 e. The van der Waals surface area contributed by atoms with E-state index in [1.54, 1.807) is 0 Å². The van der Waals surface area contributed by atoms with Gasteiger partial charge in [-0.2, -0.15) is 4.98 Å². The molecule has 0 radical (unpaired) electrons. The predicted octanol–water partition coefficient (Wildman–Crippen LogP) is 1.66. The lowest BCUT2D eigenvalue weighted by Gasteiger charge is -2.11. The Morgan fingerprint density at radius 2 is 2.00 bits per heavy atom. The Bertz CT molecular complexity index is 423. The minimum atomic E-state index is -2.80. The lowest BCUT2D eigenvalue weighted by molar-refractivity contribution is -0.136. The summed E-state index contributed by atoms with van der Waals surface area (Å²) in [5.41, 5.74) is -0.374. The van der Waals surface area contributed by atoms with Crippen LogP contribution in [0.3, 0.4) is 0 Å². The van der Waals surface area contributed by atoms with Crippen LogP contribution < -0.4 is 9.47 Å². The second-order valence-electron chi connectivity index (χ2n) is 3.13. The molecule has 5 nitrogen and oxygen atoms in total. The van der Waals surface area contributed by atoms with E-state index >= 15 is 0 Å². The van der Waals surface area contributed by atoms with E-state index in [0.717, 1.165) is 6.07 Å². The SMILES string of the molecule is COc1nc(OC)c(C(F)F)cc1CC(=O)O. The Balaban J connectivity index is 3.28. The Labute approximate surface area is 96.0 Å². The maximum Gasteiger partial charge on any atom is 0.308 e. The molecule has 0 aromatic carbocycles. The molecular weight excluding hydrogens is 236 g/mol. The van der Waals surface area contributed by atoms with Gasteiger partial charge in [0.25, 0.3) is 6.43 Å². The number of rotatable bonds is 5. The van der Waals surface area contributed by atoms with Crippen molar-refractivity contribution >= 4 is 5.97 Å². The van der Waals surface area contributed by atoms with Crippen molar-refractivity contribution in [2.75, 3.05) is 14.2 Å². The fourth-order valence-electron chi connectivity index (χ4n) is 1.33. The first-order chi connectivity index (χ1) is 7.99. The van der Waals surface area contributed by atoms with Crippen LogP contribution in [0.4, 0.5) is 8.78 Å². The van der Waals surface area contributed by atoms with Crippen molar-refractivity contribution < 1.29 is 28.2 Å². The first-order valence-corrected chi connectivity index (χ1v) is 4.61. The molecule has 0 atom stereocenters. The molecule has 0 unspecified atom stereocenters. The Morgan fingerprint density at radius 3 is 2.41 bits per heavy atom. The minimum absolute atomic E-state index is 0.0337. The largest absolute Gasteiger partial charge is 0.481 e. The first-order valence-electron chi connectivity index (χ1n) is 4.61. The van der Waals surface area contributed by atoms with E-state index in [1.165, 1.54) is 14.2 Å². The number of carboxylic acids is 1. The van der Waals surface area contributed by atoms with Gasteiger partial charge >= 0.3 is 5.97 Å². The lowest BCUT2D eigenvalue weighted by atomic mass is 10.1. The molecule has 94 valence electrons. The number of aliphatic carboxylic acids is 1. The molecule has 0 aliphatic carbocycles. The standard InChI is InChI=1S/C10H11F2NO4/c1-16-9-5(4-7(14)15)3-6(8(11)12)10(13-9)17-2/h3,8H,4H2,1-2H3,(H,14,15). The van der Waals surface area contributed by atoms with E-state index in [0.29, 0.717) is 0 Å². The molecular formula is C10H11F2NO4. The Kier molecular flexibility index (Phi) is 4.19. The van der Waals surface area contributed by atoms with Gasteiger partial charge in [0.1, 0.15) is 0 Å². The van der Waals surface area contributed by atoms with Crippen molar-refractivity contribution in [1.29, 1.82) is 0 Å². The predicted molar refractivity (Wildman–Crippen MR) is 53.6 cm³/mol. The van der Waals surface area contributed by atoms with Gasteiger partial charge in [-0.1, -0.05) is 0 Å². The molecule has 7 heteroatoms. The van der Waals surface area contributed by atoms with Crippen molar-refractivity contribution in [2.45, 2.75) is 12.8 Å². The number of alkyl halides is 2. The van der Waals surface area contributed by atoms with Gasteiger partial charge in [-0.3, -0.25) is 4.79 Å². The van der Waals surface area contributed by atoms with Crippen LogP contribution in [0.2, 0.25) is 0 Å². The van der Waals surface area contributed by atoms with Gasteiger partial charge in [0.2, 0.25) is 11.8 Å². The van der Waals surface area contributed by atoms with E-state index in [4.69, 9.17) is 14.6 Å². The molecule has 1 N–H and O–H groups in total. The second kappa shape index (κ2) is 5.42. The van der Waals surface area contributed by atoms with Crippen LogP contribution in [-0.4, -0.2) is 30.3 Å². The monoisotopic (exact) mass is 247 g/mol. The topological polar surface area (TPSA) is 68.7 Å². The Hall–Kier alpha value is -1.92. The van der Waals surface area contributed by atoms with Crippen molar-refractivity contribution in [3.05, 3.63) is 17.2 Å². The van der Waals surface area contributed by atoms with Crippen LogP contribution in [0.15, 0.2) is 6.07 Å². The quantitative estimate of drug-likeness (QED) is 0.857. The summed E-state index contributed by atoms with van der Waals surface area (Å²) in [6.45, 7) is 0. The molecule has 1 aromatic rings. The molecule has 0 saturated carbocycles. The molecule has 0 saturated heterocycles. The van der Waals surface area contributed by atoms with E-state index < -0.39 is 24.4 Å². The summed E-state index contributed by atoms with van der Waals surface area (Å²) < 4.78 is 34.8. The fraction of sp³-hybridized carbons (Fsp3) is 0.400. The van der Waals surface area contributed by atoms with Gasteiger partial charge in [0, 0.05) is 5.56 Å². The van der Waals surface area contributed by atoms with Crippen LogP contribution in [0.25, 0.3) is 0 Å². The van der Waals surface area contributed by atoms with E-state index in [1.807, 2.05) is 0 Å². The molecule has 0 fully saturated rings. The summed E-state index contributed by atoms with van der Waals surface area (Å²) in [6.07, 6.45) is -3.24. The number of nitrogens with zero attached hydrogens (tertiary/aromatic N) is 1. The average Bonchev–Trinajstić information content (AvgIpc) is 2.27. The number of ether oxygens (including phenoxy) is 2. The van der Waals surface area contributed by atoms with Gasteiger partial charge in [-0.05, 0) is 6.07 Å². The molecule has 1 rings (SSSR count). The highest BCUT2D eigenvalue weighted by atomic mass is 19.3. The van der Waals surface area contributed by atoms with Crippen molar-refractivity contribution in [1.82, 2.24) is 4.98 Å². The number of methoxy groups -OCH3 is 2. The molecule has 1 heterocycles. The molecule has 0 bridgehead atoms. The lowest BCUT2D eigenvalue weighted by Crippen LogP contribution is -2.07. The third kappa shape index (κ3) is 3.02. The second-order valence-corrected chi connectivity index (χ2v) is 3.13. The summed E-state index contributed by atoms with van der Waals surface area (Å²) >= 11 is 0. The summed E-state index contributed by atoms with van der Waals surface area (Å²) in [4.78, 5) is 14.3. The summed E-state index contributed by atoms with van der Waals surface area (Å²) in [5, 5.41) is 8.64. The number of hydrogen-bond donors (Lipinski definition) is 1. The maximum atomic E-state index is 12.7. The summed E-state index contributed by atoms with van der Waals surface area (Å²) in [6, 6.07) is 1.03. The zero-order chi connectivity index (χ0) is 13.0. The molecule has 0 spiro atoms. The zero-order valence-electron chi connectivity index (χ0n) is 9.24. The van der Waals surface area contributed by atoms with Crippen molar-refractivity contribution in [2.24, 2.45) is 0 Å².